The van der Waals surface area contributed by atoms with E-state index in [1.165, 1.54) is 12.1 Å². The number of likely N-dealkylation sites (tertiary alicyclic amines) is 1. The third kappa shape index (κ3) is 8.86. The predicted octanol–water partition coefficient (Wildman–Crippen LogP) is 5.53. The Morgan fingerprint density at radius 1 is 0.976 bits per heavy atom. The van der Waals surface area contributed by atoms with E-state index in [1.807, 2.05) is 18.4 Å². The van der Waals surface area contributed by atoms with Crippen LogP contribution in [0, 0.1) is 12.7 Å². The van der Waals surface area contributed by atoms with Gasteiger partial charge in [-0.05, 0) is 98.8 Å². The third-order valence-corrected chi connectivity index (χ3v) is 8.10. The van der Waals surface area contributed by atoms with E-state index < -0.39 is 12.0 Å². The lowest BCUT2D eigenvalue weighted by atomic mass is 10.2. The summed E-state index contributed by atoms with van der Waals surface area (Å²) < 4.78 is 18.6. The highest BCUT2D eigenvalue weighted by molar-refractivity contribution is 7.10. The van der Waals surface area contributed by atoms with E-state index in [4.69, 9.17) is 4.74 Å². The van der Waals surface area contributed by atoms with Gasteiger partial charge in [-0.25, -0.2) is 14.0 Å². The maximum Gasteiger partial charge on any atom is 0.338 e. The molecule has 3 amide bonds. The van der Waals surface area contributed by atoms with Crippen molar-refractivity contribution >= 4 is 34.9 Å². The van der Waals surface area contributed by atoms with Gasteiger partial charge in [0.05, 0.1) is 18.7 Å². The standard InChI is InChI=1S/C31H37FN4O4S/c1-3-40-30(38)25-8-12-27(13-9-25)33-31(39)35(18-17-34-15-4-5-16-34)22-29(37)36(21-28-23(2)14-19-41-28)20-24-6-10-26(32)11-7-24/h6-14,19H,3-5,15-18,20-22H2,1-2H3,(H,33,39). The van der Waals surface area contributed by atoms with Gasteiger partial charge in [0.2, 0.25) is 5.91 Å². The van der Waals surface area contributed by atoms with Gasteiger partial charge in [0.25, 0.3) is 0 Å². The number of amides is 3. The zero-order chi connectivity index (χ0) is 29.2. The SMILES string of the molecule is CCOC(=O)c1ccc(NC(=O)N(CCN2CCCC2)CC(=O)N(Cc2ccc(F)cc2)Cc2sccc2C)cc1. The molecule has 1 aromatic heterocycles. The molecule has 4 rings (SSSR count). The van der Waals surface area contributed by atoms with E-state index in [0.717, 1.165) is 41.9 Å². The van der Waals surface area contributed by atoms with Gasteiger partial charge < -0.3 is 24.8 Å². The second-order valence-corrected chi connectivity index (χ2v) is 11.1. The van der Waals surface area contributed by atoms with Crippen molar-refractivity contribution in [1.82, 2.24) is 14.7 Å². The molecule has 218 valence electrons. The first-order valence-corrected chi connectivity index (χ1v) is 14.8. The molecule has 0 bridgehead atoms. The van der Waals surface area contributed by atoms with E-state index >= 15 is 0 Å². The summed E-state index contributed by atoms with van der Waals surface area (Å²) in [6, 6.07) is 14.2. The van der Waals surface area contributed by atoms with Crippen molar-refractivity contribution in [1.29, 1.82) is 0 Å². The van der Waals surface area contributed by atoms with Crippen LogP contribution in [0.5, 0.6) is 0 Å². The van der Waals surface area contributed by atoms with Crippen LogP contribution < -0.4 is 5.32 Å². The lowest BCUT2D eigenvalue weighted by Gasteiger charge is -2.29. The normalized spacial score (nSPS) is 13.1. The molecule has 0 spiro atoms. The Hall–Kier alpha value is -3.76. The second-order valence-electron chi connectivity index (χ2n) is 10.1. The summed E-state index contributed by atoms with van der Waals surface area (Å²) in [5.41, 5.74) is 2.82. The Morgan fingerprint density at radius 3 is 2.32 bits per heavy atom. The Labute approximate surface area is 244 Å². The average Bonchev–Trinajstić information content (AvgIpc) is 3.64. The van der Waals surface area contributed by atoms with Gasteiger partial charge in [0.15, 0.2) is 0 Å². The van der Waals surface area contributed by atoms with Crippen molar-refractivity contribution in [2.24, 2.45) is 0 Å². The minimum Gasteiger partial charge on any atom is -0.462 e. The number of urea groups is 1. The molecule has 3 aromatic rings. The zero-order valence-electron chi connectivity index (χ0n) is 23.6. The number of benzene rings is 2. The minimum absolute atomic E-state index is 0.105. The average molecular weight is 581 g/mol. The monoisotopic (exact) mass is 580 g/mol. The first-order valence-electron chi connectivity index (χ1n) is 13.9. The molecule has 1 N–H and O–H groups in total. The molecular weight excluding hydrogens is 543 g/mol. The molecule has 1 saturated heterocycles. The number of carbonyl (C=O) groups excluding carboxylic acids is 3. The van der Waals surface area contributed by atoms with Crippen LogP contribution in [0.25, 0.3) is 0 Å². The lowest BCUT2D eigenvalue weighted by molar-refractivity contribution is -0.133. The van der Waals surface area contributed by atoms with E-state index in [2.05, 4.69) is 10.2 Å². The summed E-state index contributed by atoms with van der Waals surface area (Å²) in [5, 5.41) is 4.87. The van der Waals surface area contributed by atoms with Crippen LogP contribution in [0.2, 0.25) is 0 Å². The number of rotatable bonds is 12. The van der Waals surface area contributed by atoms with Gasteiger partial charge in [0, 0.05) is 30.2 Å². The van der Waals surface area contributed by atoms with E-state index in [1.54, 1.807) is 64.5 Å². The van der Waals surface area contributed by atoms with Gasteiger partial charge >= 0.3 is 12.0 Å². The number of nitrogens with zero attached hydrogens (tertiary/aromatic N) is 3. The van der Waals surface area contributed by atoms with Gasteiger partial charge in [-0.15, -0.1) is 11.3 Å². The van der Waals surface area contributed by atoms with Gasteiger partial charge in [-0.3, -0.25) is 4.79 Å². The number of thiophene rings is 1. The summed E-state index contributed by atoms with van der Waals surface area (Å²) in [5.74, 6) is -0.956. The predicted molar refractivity (Wildman–Crippen MR) is 158 cm³/mol. The van der Waals surface area contributed by atoms with Crippen molar-refractivity contribution in [2.45, 2.75) is 39.8 Å². The number of halogens is 1. The quantitative estimate of drug-likeness (QED) is 0.285. The number of carbonyl (C=O) groups is 3. The molecule has 8 nitrogen and oxygen atoms in total. The first-order chi connectivity index (χ1) is 19.8. The fourth-order valence-electron chi connectivity index (χ4n) is 4.67. The molecule has 1 fully saturated rings. The molecule has 0 saturated carbocycles. The minimum atomic E-state index is -0.426. The van der Waals surface area contributed by atoms with Crippen molar-refractivity contribution in [2.75, 3.05) is 44.6 Å². The van der Waals surface area contributed by atoms with Crippen molar-refractivity contribution in [3.8, 4) is 0 Å². The highest BCUT2D eigenvalue weighted by Gasteiger charge is 2.24. The number of anilines is 1. The fraction of sp³-hybridized carbons (Fsp3) is 0.387. The molecule has 1 aliphatic rings. The van der Waals surface area contributed by atoms with Crippen LogP contribution in [-0.2, 0) is 22.6 Å². The van der Waals surface area contributed by atoms with Crippen molar-refractivity contribution < 1.29 is 23.5 Å². The Kier molecular flexibility index (Phi) is 10.9. The van der Waals surface area contributed by atoms with E-state index in [0.29, 0.717) is 37.4 Å². The molecule has 2 heterocycles. The number of aryl methyl sites for hydroxylation is 1. The highest BCUT2D eigenvalue weighted by atomic mass is 32.1. The molecular formula is C31H37FN4O4S. The molecule has 1 aliphatic heterocycles. The molecule has 2 aromatic carbocycles. The summed E-state index contributed by atoms with van der Waals surface area (Å²) in [7, 11) is 0. The smallest absolute Gasteiger partial charge is 0.338 e. The molecule has 41 heavy (non-hydrogen) atoms. The summed E-state index contributed by atoms with van der Waals surface area (Å²) in [4.78, 5) is 45.8. The van der Waals surface area contributed by atoms with Crippen LogP contribution in [0.4, 0.5) is 14.9 Å². The van der Waals surface area contributed by atoms with Crippen LogP contribution in [0.15, 0.2) is 60.0 Å². The summed E-state index contributed by atoms with van der Waals surface area (Å²) >= 11 is 1.58. The number of nitrogens with one attached hydrogen (secondary N) is 1. The Morgan fingerprint density at radius 2 is 1.68 bits per heavy atom. The second kappa shape index (κ2) is 14.7. The van der Waals surface area contributed by atoms with Crippen LogP contribution in [0.1, 0.15) is 46.1 Å². The number of ether oxygens (including phenoxy) is 1. The molecule has 10 heteroatoms. The molecule has 0 unspecified atom stereocenters. The van der Waals surface area contributed by atoms with Crippen molar-refractivity contribution in [3.05, 3.63) is 87.4 Å². The van der Waals surface area contributed by atoms with Gasteiger partial charge in [-0.1, -0.05) is 12.1 Å². The molecule has 0 aliphatic carbocycles. The molecule has 0 radical (unpaired) electrons. The van der Waals surface area contributed by atoms with Gasteiger partial charge in [0.1, 0.15) is 12.4 Å². The number of hydrogen-bond acceptors (Lipinski definition) is 6. The third-order valence-electron chi connectivity index (χ3n) is 7.09. The largest absolute Gasteiger partial charge is 0.462 e. The van der Waals surface area contributed by atoms with E-state index in [9.17, 15) is 18.8 Å². The lowest BCUT2D eigenvalue weighted by Crippen LogP contribution is -2.46. The highest BCUT2D eigenvalue weighted by Crippen LogP contribution is 2.20. The Balaban J connectivity index is 1.49. The van der Waals surface area contributed by atoms with Crippen LogP contribution in [0.3, 0.4) is 0 Å². The summed E-state index contributed by atoms with van der Waals surface area (Å²) in [6.07, 6.45) is 2.26. The number of hydrogen-bond donors (Lipinski definition) is 1. The Bertz CT molecular complexity index is 1310. The molecule has 0 atom stereocenters. The van der Waals surface area contributed by atoms with Gasteiger partial charge in [-0.2, -0.15) is 0 Å². The topological polar surface area (TPSA) is 82.2 Å². The zero-order valence-corrected chi connectivity index (χ0v) is 24.4. The van der Waals surface area contributed by atoms with Crippen LogP contribution >= 0.6 is 11.3 Å². The first kappa shape index (κ1) is 30.2. The summed E-state index contributed by atoms with van der Waals surface area (Å²) in [6.45, 7) is 7.64. The van der Waals surface area contributed by atoms with Crippen LogP contribution in [-0.4, -0.2) is 71.9 Å². The number of esters is 1. The maximum atomic E-state index is 13.8. The fourth-order valence-corrected chi connectivity index (χ4v) is 5.59. The van der Waals surface area contributed by atoms with E-state index in [-0.39, 0.29) is 24.9 Å². The van der Waals surface area contributed by atoms with Crippen molar-refractivity contribution in [3.63, 3.8) is 0 Å². The maximum absolute atomic E-state index is 13.8.